The summed E-state index contributed by atoms with van der Waals surface area (Å²) in [5, 5.41) is 10.4. The summed E-state index contributed by atoms with van der Waals surface area (Å²) in [7, 11) is 0. The fourth-order valence-corrected chi connectivity index (χ4v) is 5.02. The van der Waals surface area contributed by atoms with Gasteiger partial charge in [0.05, 0.1) is 0 Å². The standard InChI is InChI=1S/C16H26OSe/c1-12(2)10-15(17)16(11-13(3)4)18-14-8-6-5-7-9-14/h5-9,12-13,15-17H,10-11H2,1-4H3. The van der Waals surface area contributed by atoms with Crippen LogP contribution in [0.1, 0.15) is 40.5 Å². The number of hydrogen-bond donors (Lipinski definition) is 1. The third kappa shape index (κ3) is 6.04. The molecule has 0 aliphatic heterocycles. The first-order valence-corrected chi connectivity index (χ1v) is 8.73. The molecule has 0 aromatic heterocycles. The summed E-state index contributed by atoms with van der Waals surface area (Å²) in [6.45, 7) is 8.86. The quantitative estimate of drug-likeness (QED) is 0.766. The summed E-state index contributed by atoms with van der Waals surface area (Å²) in [6, 6.07) is 10.6. The van der Waals surface area contributed by atoms with Gasteiger partial charge >= 0.3 is 118 Å². The van der Waals surface area contributed by atoms with Gasteiger partial charge in [0.25, 0.3) is 0 Å². The third-order valence-electron chi connectivity index (χ3n) is 2.88. The summed E-state index contributed by atoms with van der Waals surface area (Å²) in [5.74, 6) is 1.23. The van der Waals surface area contributed by atoms with Crippen molar-refractivity contribution in [3.05, 3.63) is 30.3 Å². The van der Waals surface area contributed by atoms with E-state index in [0.29, 0.717) is 31.6 Å². The molecule has 1 N–H and O–H groups in total. The normalized spacial score (nSPS) is 15.1. The van der Waals surface area contributed by atoms with Crippen LogP contribution in [-0.4, -0.2) is 26.2 Å². The molecule has 1 aromatic rings. The van der Waals surface area contributed by atoms with Crippen molar-refractivity contribution in [2.75, 3.05) is 0 Å². The number of rotatable bonds is 7. The number of hydrogen-bond acceptors (Lipinski definition) is 1. The Morgan fingerprint density at radius 3 is 2.00 bits per heavy atom. The van der Waals surface area contributed by atoms with Crippen LogP contribution >= 0.6 is 0 Å². The zero-order chi connectivity index (χ0) is 13.5. The van der Waals surface area contributed by atoms with E-state index < -0.39 is 0 Å². The zero-order valence-corrected chi connectivity index (χ0v) is 13.7. The van der Waals surface area contributed by atoms with E-state index in [1.54, 1.807) is 0 Å². The van der Waals surface area contributed by atoms with Crippen LogP contribution in [0.2, 0.25) is 4.82 Å². The van der Waals surface area contributed by atoms with Gasteiger partial charge < -0.3 is 0 Å². The van der Waals surface area contributed by atoms with Crippen molar-refractivity contribution >= 4 is 19.4 Å². The molecule has 2 unspecified atom stereocenters. The van der Waals surface area contributed by atoms with Gasteiger partial charge in [-0.05, 0) is 0 Å². The molecule has 1 rings (SSSR count). The summed E-state index contributed by atoms with van der Waals surface area (Å²) < 4.78 is 1.40. The van der Waals surface area contributed by atoms with Crippen LogP contribution < -0.4 is 4.46 Å². The van der Waals surface area contributed by atoms with E-state index in [1.165, 1.54) is 4.46 Å². The molecule has 0 radical (unpaired) electrons. The van der Waals surface area contributed by atoms with Gasteiger partial charge in [-0.25, -0.2) is 0 Å². The van der Waals surface area contributed by atoms with Crippen molar-refractivity contribution < 1.29 is 5.11 Å². The molecule has 0 spiro atoms. The first-order chi connectivity index (χ1) is 8.49. The average molecular weight is 313 g/mol. The molecule has 0 saturated carbocycles. The van der Waals surface area contributed by atoms with Gasteiger partial charge in [-0.1, -0.05) is 0 Å². The molecule has 0 aliphatic carbocycles. The molecule has 0 bridgehead atoms. The molecule has 2 heteroatoms. The summed E-state index contributed by atoms with van der Waals surface area (Å²) in [6.07, 6.45) is 1.90. The van der Waals surface area contributed by atoms with Crippen molar-refractivity contribution in [2.45, 2.75) is 51.5 Å². The molecule has 0 saturated heterocycles. The van der Waals surface area contributed by atoms with Gasteiger partial charge in [0.2, 0.25) is 0 Å². The molecule has 0 heterocycles. The molecule has 18 heavy (non-hydrogen) atoms. The molecular formula is C16H26OSe. The van der Waals surface area contributed by atoms with Crippen molar-refractivity contribution in [1.82, 2.24) is 0 Å². The Morgan fingerprint density at radius 1 is 0.944 bits per heavy atom. The van der Waals surface area contributed by atoms with Crippen molar-refractivity contribution in [1.29, 1.82) is 0 Å². The molecule has 0 amide bonds. The van der Waals surface area contributed by atoms with Crippen LogP contribution in [0.3, 0.4) is 0 Å². The van der Waals surface area contributed by atoms with Gasteiger partial charge in [-0.15, -0.1) is 0 Å². The van der Waals surface area contributed by atoms with E-state index in [0.717, 1.165) is 12.8 Å². The maximum atomic E-state index is 10.4. The third-order valence-corrected chi connectivity index (χ3v) is 5.72. The monoisotopic (exact) mass is 314 g/mol. The van der Waals surface area contributed by atoms with E-state index in [4.69, 9.17) is 0 Å². The molecule has 0 aliphatic rings. The van der Waals surface area contributed by atoms with Crippen LogP contribution in [0.4, 0.5) is 0 Å². The van der Waals surface area contributed by atoms with Gasteiger partial charge in [0.1, 0.15) is 0 Å². The number of aliphatic hydroxyl groups is 1. The summed E-state index contributed by atoms with van der Waals surface area (Å²) in [5.41, 5.74) is 0. The van der Waals surface area contributed by atoms with Crippen molar-refractivity contribution in [3.63, 3.8) is 0 Å². The molecular weight excluding hydrogens is 287 g/mol. The second kappa shape index (κ2) is 7.99. The molecule has 0 fully saturated rings. The van der Waals surface area contributed by atoms with Gasteiger partial charge in [-0.3, -0.25) is 0 Å². The number of benzene rings is 1. The Labute approximate surface area is 118 Å². The van der Waals surface area contributed by atoms with E-state index in [-0.39, 0.29) is 6.10 Å². The molecule has 2 atom stereocenters. The molecule has 102 valence electrons. The van der Waals surface area contributed by atoms with Crippen molar-refractivity contribution in [3.8, 4) is 0 Å². The fourth-order valence-electron chi connectivity index (χ4n) is 2.06. The Hall–Kier alpha value is -0.301. The fraction of sp³-hybridized carbons (Fsp3) is 0.625. The van der Waals surface area contributed by atoms with Gasteiger partial charge in [0, 0.05) is 0 Å². The van der Waals surface area contributed by atoms with Crippen LogP contribution in [0.25, 0.3) is 0 Å². The molecule has 1 aromatic carbocycles. The Balaban J connectivity index is 2.66. The number of aliphatic hydroxyl groups excluding tert-OH is 1. The first kappa shape index (κ1) is 15.8. The minimum atomic E-state index is -0.146. The minimum absolute atomic E-state index is 0.146. The Kier molecular flexibility index (Phi) is 6.99. The Morgan fingerprint density at radius 2 is 1.50 bits per heavy atom. The van der Waals surface area contributed by atoms with E-state index in [2.05, 4.69) is 58.0 Å². The second-order valence-electron chi connectivity index (χ2n) is 5.80. The van der Waals surface area contributed by atoms with Gasteiger partial charge in [-0.2, -0.15) is 0 Å². The topological polar surface area (TPSA) is 20.2 Å². The van der Waals surface area contributed by atoms with E-state index in [9.17, 15) is 5.11 Å². The average Bonchev–Trinajstić information content (AvgIpc) is 2.28. The van der Waals surface area contributed by atoms with E-state index in [1.807, 2.05) is 0 Å². The summed E-state index contributed by atoms with van der Waals surface area (Å²) in [4.78, 5) is 0.447. The predicted molar refractivity (Wildman–Crippen MR) is 80.5 cm³/mol. The van der Waals surface area contributed by atoms with Gasteiger partial charge in [0.15, 0.2) is 0 Å². The van der Waals surface area contributed by atoms with Crippen LogP contribution in [-0.2, 0) is 0 Å². The maximum absolute atomic E-state index is 10.4. The first-order valence-electron chi connectivity index (χ1n) is 6.88. The van der Waals surface area contributed by atoms with Crippen LogP contribution in [0.15, 0.2) is 30.3 Å². The predicted octanol–water partition coefficient (Wildman–Crippen LogP) is 3.26. The van der Waals surface area contributed by atoms with Crippen LogP contribution in [0, 0.1) is 11.8 Å². The zero-order valence-electron chi connectivity index (χ0n) is 12.0. The summed E-state index contributed by atoms with van der Waals surface area (Å²) >= 11 is 0.375. The van der Waals surface area contributed by atoms with Crippen LogP contribution in [0.5, 0.6) is 0 Å². The SMILES string of the molecule is CC(C)CC(O)C(CC(C)C)[Se]c1ccccc1. The Bertz CT molecular complexity index is 321. The van der Waals surface area contributed by atoms with E-state index >= 15 is 0 Å². The van der Waals surface area contributed by atoms with Crippen molar-refractivity contribution in [2.24, 2.45) is 11.8 Å². The molecule has 1 nitrogen and oxygen atoms in total. The second-order valence-corrected chi connectivity index (χ2v) is 8.55.